The van der Waals surface area contributed by atoms with E-state index in [1.165, 1.54) is 10.9 Å². The topological polar surface area (TPSA) is 104 Å². The number of nitrogen functional groups attached to an aromatic ring is 1. The van der Waals surface area contributed by atoms with Crippen LogP contribution in [-0.2, 0) is 13.1 Å². The van der Waals surface area contributed by atoms with Gasteiger partial charge in [0.05, 0.1) is 30.5 Å². The first kappa shape index (κ1) is 11.6. The predicted molar refractivity (Wildman–Crippen MR) is 58.9 cm³/mol. The maximum absolute atomic E-state index is 11.1. The van der Waals surface area contributed by atoms with E-state index in [9.17, 15) is 4.79 Å². The third-order valence-electron chi connectivity index (χ3n) is 2.06. The first-order chi connectivity index (χ1) is 8.19. The molecule has 0 atom stereocenters. The fraction of sp³-hybridized carbons (Fsp3) is 0.250. The molecule has 2 rings (SSSR count). The molecule has 0 aliphatic rings. The predicted octanol–water partition coefficient (Wildman–Crippen LogP) is -0.568. The monoisotopic (exact) mass is 255 g/mol. The van der Waals surface area contributed by atoms with Crippen LogP contribution in [0.4, 0.5) is 0 Å². The van der Waals surface area contributed by atoms with Gasteiger partial charge in [0.2, 0.25) is 0 Å². The summed E-state index contributed by atoms with van der Waals surface area (Å²) >= 11 is 5.72. The molecule has 0 unspecified atom stereocenters. The molecule has 3 N–H and O–H groups in total. The number of hydrazine groups is 1. The van der Waals surface area contributed by atoms with Crippen LogP contribution in [0.2, 0.25) is 5.02 Å². The van der Waals surface area contributed by atoms with Crippen LogP contribution in [-0.4, -0.2) is 30.7 Å². The third kappa shape index (κ3) is 2.80. The Bertz CT molecular complexity index is 519. The Labute approximate surface area is 101 Å². The molecule has 0 aliphatic carbocycles. The minimum atomic E-state index is -0.474. The quantitative estimate of drug-likeness (QED) is 0.433. The van der Waals surface area contributed by atoms with E-state index in [2.05, 4.69) is 15.4 Å². The fourth-order valence-corrected chi connectivity index (χ4v) is 1.41. The van der Waals surface area contributed by atoms with Crippen molar-refractivity contribution in [2.24, 2.45) is 5.84 Å². The highest BCUT2D eigenvalue weighted by Gasteiger charge is 2.08. The molecule has 1 amide bonds. The molecule has 0 bridgehead atoms. The van der Waals surface area contributed by atoms with Gasteiger partial charge in [-0.1, -0.05) is 16.8 Å². The van der Waals surface area contributed by atoms with Gasteiger partial charge in [-0.15, -0.1) is 5.10 Å². The zero-order chi connectivity index (χ0) is 12.3. The lowest BCUT2D eigenvalue weighted by Gasteiger charge is -2.00. The van der Waals surface area contributed by atoms with Crippen molar-refractivity contribution in [1.29, 1.82) is 0 Å². The highest BCUT2D eigenvalue weighted by molar-refractivity contribution is 6.30. The molecule has 0 fully saturated rings. The van der Waals surface area contributed by atoms with Gasteiger partial charge >= 0.3 is 0 Å². The summed E-state index contributed by atoms with van der Waals surface area (Å²) in [5.41, 5.74) is 2.15. The molecule has 2 heterocycles. The van der Waals surface area contributed by atoms with Crippen molar-refractivity contribution >= 4 is 17.5 Å². The van der Waals surface area contributed by atoms with E-state index < -0.39 is 5.91 Å². The van der Waals surface area contributed by atoms with Gasteiger partial charge in [-0.3, -0.25) is 14.9 Å². The van der Waals surface area contributed by atoms with Crippen molar-refractivity contribution in [3.8, 4) is 0 Å². The second-order valence-electron chi connectivity index (χ2n) is 3.26. The lowest BCUT2D eigenvalue weighted by Crippen LogP contribution is -2.30. The van der Waals surface area contributed by atoms with Crippen LogP contribution >= 0.6 is 11.6 Å². The summed E-state index contributed by atoms with van der Waals surface area (Å²) in [6.07, 6.45) is 4.76. The van der Waals surface area contributed by atoms with Gasteiger partial charge in [-0.2, -0.15) is 5.10 Å². The van der Waals surface area contributed by atoms with Gasteiger partial charge in [0, 0.05) is 6.20 Å². The van der Waals surface area contributed by atoms with Crippen molar-refractivity contribution in [2.75, 3.05) is 0 Å². The van der Waals surface area contributed by atoms with Crippen molar-refractivity contribution in [2.45, 2.75) is 13.1 Å². The van der Waals surface area contributed by atoms with Crippen molar-refractivity contribution in [3.63, 3.8) is 0 Å². The molecular formula is C8H10ClN7O. The number of nitrogens with one attached hydrogen (secondary N) is 1. The first-order valence-corrected chi connectivity index (χ1v) is 5.16. The van der Waals surface area contributed by atoms with Crippen molar-refractivity contribution < 1.29 is 4.79 Å². The normalized spacial score (nSPS) is 10.5. The second-order valence-corrected chi connectivity index (χ2v) is 3.70. The zero-order valence-corrected chi connectivity index (χ0v) is 9.50. The number of nitrogens with zero attached hydrogens (tertiary/aromatic N) is 5. The summed E-state index contributed by atoms with van der Waals surface area (Å²) in [6, 6.07) is 0. The molecular weight excluding hydrogens is 246 g/mol. The van der Waals surface area contributed by atoms with E-state index in [0.29, 0.717) is 18.1 Å². The maximum Gasteiger partial charge on any atom is 0.287 e. The van der Waals surface area contributed by atoms with E-state index in [-0.39, 0.29) is 5.69 Å². The van der Waals surface area contributed by atoms with Gasteiger partial charge < -0.3 is 0 Å². The van der Waals surface area contributed by atoms with Gasteiger partial charge in [0.25, 0.3) is 5.91 Å². The van der Waals surface area contributed by atoms with E-state index in [1.54, 1.807) is 17.1 Å². The summed E-state index contributed by atoms with van der Waals surface area (Å²) < 4.78 is 3.20. The van der Waals surface area contributed by atoms with Crippen LogP contribution < -0.4 is 11.3 Å². The Morgan fingerprint density at radius 2 is 2.18 bits per heavy atom. The molecule has 0 spiro atoms. The standard InChI is InChI=1S/C8H10ClN7O/c9-6-3-11-15(4-6)1-2-16-5-7(13-14-16)8(17)12-10/h3-5H,1-2,10H2,(H,12,17). The summed E-state index contributed by atoms with van der Waals surface area (Å²) in [7, 11) is 0. The van der Waals surface area contributed by atoms with Crippen LogP contribution in [0.5, 0.6) is 0 Å². The first-order valence-electron chi connectivity index (χ1n) is 4.78. The molecule has 0 aromatic carbocycles. The molecule has 0 saturated carbocycles. The van der Waals surface area contributed by atoms with Gasteiger partial charge in [-0.05, 0) is 0 Å². The number of halogens is 1. The fourth-order valence-electron chi connectivity index (χ4n) is 1.25. The average Bonchev–Trinajstić information content (AvgIpc) is 2.94. The Morgan fingerprint density at radius 3 is 2.82 bits per heavy atom. The Hall–Kier alpha value is -1.93. The van der Waals surface area contributed by atoms with Crippen molar-refractivity contribution in [1.82, 2.24) is 30.2 Å². The van der Waals surface area contributed by atoms with E-state index in [1.807, 2.05) is 5.43 Å². The molecule has 0 radical (unpaired) electrons. The van der Waals surface area contributed by atoms with Gasteiger partial charge in [0.1, 0.15) is 0 Å². The molecule has 9 heteroatoms. The number of carbonyl (C=O) groups is 1. The number of amides is 1. The lowest BCUT2D eigenvalue weighted by molar-refractivity contribution is 0.0948. The van der Waals surface area contributed by atoms with Crippen molar-refractivity contribution in [3.05, 3.63) is 29.3 Å². The van der Waals surface area contributed by atoms with Crippen LogP contribution in [0, 0.1) is 0 Å². The Balaban J connectivity index is 1.95. The van der Waals surface area contributed by atoms with Gasteiger partial charge in [-0.25, -0.2) is 10.5 Å². The summed E-state index contributed by atoms with van der Waals surface area (Å²) in [5.74, 6) is 4.50. The summed E-state index contributed by atoms with van der Waals surface area (Å²) in [5, 5.41) is 12.0. The van der Waals surface area contributed by atoms with E-state index in [0.717, 1.165) is 0 Å². The molecule has 0 saturated heterocycles. The lowest BCUT2D eigenvalue weighted by atomic mass is 10.4. The molecule has 17 heavy (non-hydrogen) atoms. The molecule has 2 aromatic heterocycles. The van der Waals surface area contributed by atoms with Crippen LogP contribution in [0.25, 0.3) is 0 Å². The largest absolute Gasteiger partial charge is 0.289 e. The maximum atomic E-state index is 11.1. The number of aryl methyl sites for hydroxylation is 2. The van der Waals surface area contributed by atoms with Crippen LogP contribution in [0.3, 0.4) is 0 Å². The van der Waals surface area contributed by atoms with E-state index in [4.69, 9.17) is 17.4 Å². The Kier molecular flexibility index (Phi) is 3.35. The number of hydrogen-bond acceptors (Lipinski definition) is 5. The van der Waals surface area contributed by atoms with Crippen LogP contribution in [0.15, 0.2) is 18.6 Å². The van der Waals surface area contributed by atoms with Gasteiger partial charge in [0.15, 0.2) is 5.69 Å². The van der Waals surface area contributed by atoms with E-state index >= 15 is 0 Å². The molecule has 8 nitrogen and oxygen atoms in total. The highest BCUT2D eigenvalue weighted by atomic mass is 35.5. The zero-order valence-electron chi connectivity index (χ0n) is 8.75. The molecule has 2 aromatic rings. The minimum absolute atomic E-state index is 0.172. The number of carbonyl (C=O) groups excluding carboxylic acids is 1. The second kappa shape index (κ2) is 4.93. The number of hydrogen-bond donors (Lipinski definition) is 2. The molecule has 90 valence electrons. The summed E-state index contributed by atoms with van der Waals surface area (Å²) in [6.45, 7) is 1.11. The SMILES string of the molecule is NNC(=O)c1cn(CCn2cc(Cl)cn2)nn1. The average molecular weight is 256 g/mol. The highest BCUT2D eigenvalue weighted by Crippen LogP contribution is 2.04. The number of nitrogens with two attached hydrogens (primary N) is 1. The van der Waals surface area contributed by atoms with Crippen LogP contribution in [0.1, 0.15) is 10.5 Å². The molecule has 0 aliphatic heterocycles. The number of rotatable bonds is 4. The smallest absolute Gasteiger partial charge is 0.287 e. The summed E-state index contributed by atoms with van der Waals surface area (Å²) in [4.78, 5) is 11.1. The Morgan fingerprint density at radius 1 is 1.41 bits per heavy atom. The number of aromatic nitrogens is 5. The third-order valence-corrected chi connectivity index (χ3v) is 2.26. The minimum Gasteiger partial charge on any atom is -0.289 e.